The Morgan fingerprint density at radius 3 is 2.36 bits per heavy atom. The van der Waals surface area contributed by atoms with E-state index in [0.717, 1.165) is 22.8 Å². The molecular formula is C16H19IrN4O-. The Morgan fingerprint density at radius 2 is 1.82 bits per heavy atom. The molecule has 0 N–H and O–H groups in total. The molecule has 1 saturated heterocycles. The Balaban J connectivity index is 0.000000775. The summed E-state index contributed by atoms with van der Waals surface area (Å²) in [5, 5.41) is 3.85. The molecule has 1 radical (unpaired) electrons. The van der Waals surface area contributed by atoms with Crippen LogP contribution in [0, 0.1) is 6.92 Å². The molecule has 1 aromatic heterocycles. The number of carbonyl (C=O) groups excluding carboxylic acids is 1. The van der Waals surface area contributed by atoms with E-state index in [1.807, 2.05) is 51.1 Å². The fourth-order valence-electron chi connectivity index (χ4n) is 2.10. The van der Waals surface area contributed by atoms with E-state index < -0.39 is 0 Å². The molecule has 6 heteroatoms. The van der Waals surface area contributed by atoms with Crippen LogP contribution in [0.1, 0.15) is 19.7 Å². The number of anilines is 1. The molecule has 1 aliphatic rings. The number of hydrogen-bond donors (Lipinski definition) is 0. The molecule has 0 spiro atoms. The monoisotopic (exact) mass is 476 g/mol. The van der Waals surface area contributed by atoms with Gasteiger partial charge in [0.05, 0.1) is 5.69 Å². The quantitative estimate of drug-likeness (QED) is 0.664. The molecular weight excluding hydrogens is 456 g/mol. The van der Waals surface area contributed by atoms with Crippen LogP contribution < -0.4 is 4.90 Å². The van der Waals surface area contributed by atoms with E-state index in [1.54, 1.807) is 11.1 Å². The SMILES string of the molecule is CC.Cc1nccc(-c2ccc(N3CC[N-]C3=O)cc2)n1.[Ir]. The fraction of sp³-hybridized carbons (Fsp3) is 0.312. The topological polar surface area (TPSA) is 60.2 Å². The van der Waals surface area contributed by atoms with Gasteiger partial charge in [-0.05, 0) is 31.8 Å². The van der Waals surface area contributed by atoms with Gasteiger partial charge in [-0.2, -0.15) is 0 Å². The van der Waals surface area contributed by atoms with Crippen molar-refractivity contribution in [2.75, 3.05) is 18.0 Å². The fourth-order valence-corrected chi connectivity index (χ4v) is 2.10. The molecule has 0 unspecified atom stereocenters. The van der Waals surface area contributed by atoms with Crippen LogP contribution >= 0.6 is 0 Å². The summed E-state index contributed by atoms with van der Waals surface area (Å²) in [6, 6.07) is 9.48. The van der Waals surface area contributed by atoms with Gasteiger partial charge in [-0.25, -0.2) is 9.97 Å². The second-order valence-corrected chi connectivity index (χ2v) is 4.35. The molecule has 3 rings (SSSR count). The van der Waals surface area contributed by atoms with Crippen molar-refractivity contribution in [2.45, 2.75) is 20.8 Å². The van der Waals surface area contributed by atoms with Gasteiger partial charge in [-0.3, -0.25) is 4.79 Å². The summed E-state index contributed by atoms with van der Waals surface area (Å²) in [5.41, 5.74) is 2.77. The van der Waals surface area contributed by atoms with E-state index >= 15 is 0 Å². The average molecular weight is 476 g/mol. The zero-order valence-electron chi connectivity index (χ0n) is 12.9. The Bertz CT molecular complexity index is 616. The smallest absolute Gasteiger partial charge is 0.159 e. The minimum atomic E-state index is -0.161. The number of aromatic nitrogens is 2. The van der Waals surface area contributed by atoms with Gasteiger partial charge >= 0.3 is 0 Å². The van der Waals surface area contributed by atoms with Crippen LogP contribution in [0.25, 0.3) is 16.6 Å². The first kappa shape index (κ1) is 18.3. The number of nitrogens with zero attached hydrogens (tertiary/aromatic N) is 4. The Hall–Kier alpha value is -1.78. The van der Waals surface area contributed by atoms with Crippen molar-refractivity contribution < 1.29 is 24.9 Å². The number of carbonyl (C=O) groups is 1. The van der Waals surface area contributed by atoms with Crippen molar-refractivity contribution >= 4 is 11.7 Å². The standard InChI is InChI=1S/C14H14N4O.C2H6.Ir/c1-10-15-7-6-13(17-10)11-2-4-12(5-3-11)18-9-8-16-14(18)19;1-2;/h2-7H,8-9H2,1H3,(H,16,19);1-2H3;/p-1. The van der Waals surface area contributed by atoms with Gasteiger partial charge in [0.2, 0.25) is 0 Å². The minimum absolute atomic E-state index is 0. The summed E-state index contributed by atoms with van der Waals surface area (Å²) < 4.78 is 0. The maximum atomic E-state index is 11.5. The van der Waals surface area contributed by atoms with Crippen LogP contribution in [-0.2, 0) is 20.1 Å². The number of benzene rings is 1. The molecule has 5 nitrogen and oxygen atoms in total. The normalized spacial score (nSPS) is 12.9. The van der Waals surface area contributed by atoms with E-state index in [-0.39, 0.29) is 26.1 Å². The van der Waals surface area contributed by atoms with Crippen LogP contribution in [0.15, 0.2) is 36.5 Å². The first-order valence-corrected chi connectivity index (χ1v) is 7.13. The maximum absolute atomic E-state index is 11.5. The van der Waals surface area contributed by atoms with Crippen LogP contribution in [-0.4, -0.2) is 29.1 Å². The van der Waals surface area contributed by atoms with Crippen LogP contribution in [0.4, 0.5) is 10.5 Å². The van der Waals surface area contributed by atoms with E-state index in [2.05, 4.69) is 15.3 Å². The maximum Gasteiger partial charge on any atom is 0.159 e. The molecule has 0 aliphatic carbocycles. The minimum Gasteiger partial charge on any atom is -0.431 e. The van der Waals surface area contributed by atoms with Crippen molar-refractivity contribution in [1.29, 1.82) is 0 Å². The van der Waals surface area contributed by atoms with Crippen molar-refractivity contribution in [3.63, 3.8) is 0 Å². The van der Waals surface area contributed by atoms with Gasteiger partial charge in [0.25, 0.3) is 0 Å². The Morgan fingerprint density at radius 1 is 1.14 bits per heavy atom. The Kier molecular flexibility index (Phi) is 7.15. The molecule has 1 aromatic carbocycles. The van der Waals surface area contributed by atoms with Gasteiger partial charge in [0.15, 0.2) is 6.03 Å². The first-order chi connectivity index (χ1) is 10.2. The van der Waals surface area contributed by atoms with Crippen LogP contribution in [0.2, 0.25) is 0 Å². The third-order valence-electron chi connectivity index (χ3n) is 3.05. The predicted octanol–water partition coefficient (Wildman–Crippen LogP) is 3.79. The summed E-state index contributed by atoms with van der Waals surface area (Å²) in [5.74, 6) is 0.745. The number of hydrogen-bond acceptors (Lipinski definition) is 3. The van der Waals surface area contributed by atoms with E-state index in [0.29, 0.717) is 13.1 Å². The zero-order valence-corrected chi connectivity index (χ0v) is 15.3. The molecule has 119 valence electrons. The summed E-state index contributed by atoms with van der Waals surface area (Å²) >= 11 is 0. The van der Waals surface area contributed by atoms with Crippen molar-refractivity contribution in [3.05, 3.63) is 47.7 Å². The van der Waals surface area contributed by atoms with Gasteiger partial charge in [0, 0.05) is 31.9 Å². The van der Waals surface area contributed by atoms with Crippen molar-refractivity contribution in [1.82, 2.24) is 9.97 Å². The van der Waals surface area contributed by atoms with E-state index in [4.69, 9.17) is 0 Å². The van der Waals surface area contributed by atoms with Crippen molar-refractivity contribution in [2.24, 2.45) is 0 Å². The van der Waals surface area contributed by atoms with E-state index in [1.165, 1.54) is 0 Å². The summed E-state index contributed by atoms with van der Waals surface area (Å²) in [7, 11) is 0. The second-order valence-electron chi connectivity index (χ2n) is 4.35. The molecule has 2 aromatic rings. The molecule has 0 saturated carbocycles. The van der Waals surface area contributed by atoms with Crippen molar-refractivity contribution in [3.8, 4) is 11.3 Å². The summed E-state index contributed by atoms with van der Waals surface area (Å²) in [6.07, 6.45) is 1.74. The molecule has 2 heterocycles. The first-order valence-electron chi connectivity index (χ1n) is 7.13. The largest absolute Gasteiger partial charge is 0.431 e. The predicted molar refractivity (Wildman–Crippen MR) is 84.5 cm³/mol. The molecule has 0 atom stereocenters. The number of amides is 2. The van der Waals surface area contributed by atoms with Gasteiger partial charge < -0.3 is 10.2 Å². The third kappa shape index (κ3) is 4.12. The van der Waals surface area contributed by atoms with Crippen LogP contribution in [0.3, 0.4) is 0 Å². The third-order valence-corrected chi connectivity index (χ3v) is 3.05. The zero-order chi connectivity index (χ0) is 15.2. The molecule has 22 heavy (non-hydrogen) atoms. The van der Waals surface area contributed by atoms with Gasteiger partial charge in [-0.15, -0.1) is 0 Å². The summed E-state index contributed by atoms with van der Waals surface area (Å²) in [4.78, 5) is 21.6. The van der Waals surface area contributed by atoms with Gasteiger partial charge in [-0.1, -0.05) is 38.1 Å². The number of urea groups is 1. The molecule has 2 amide bonds. The molecule has 0 bridgehead atoms. The average Bonchev–Trinajstić information content (AvgIpc) is 2.96. The van der Waals surface area contributed by atoms with Crippen LogP contribution in [0.5, 0.6) is 0 Å². The second kappa shape index (κ2) is 8.61. The van der Waals surface area contributed by atoms with Gasteiger partial charge in [0.1, 0.15) is 5.82 Å². The number of rotatable bonds is 2. The number of aryl methyl sites for hydroxylation is 1. The Labute approximate surface area is 144 Å². The van der Waals surface area contributed by atoms with E-state index in [9.17, 15) is 4.79 Å². The molecule has 1 aliphatic heterocycles. The molecule has 1 fully saturated rings. The summed E-state index contributed by atoms with van der Waals surface area (Å²) in [6.45, 7) is 7.10.